The normalized spacial score (nSPS) is 18.1. The fourth-order valence-electron chi connectivity index (χ4n) is 8.07. The number of carbonyl (C=O) groups excluding carboxylic acids is 1. The number of hydrogen-bond acceptors (Lipinski definition) is 10. The average Bonchev–Trinajstić information content (AvgIpc) is 3.18. The van der Waals surface area contributed by atoms with Gasteiger partial charge in [0, 0.05) is 47.6 Å². The molecule has 0 spiro atoms. The van der Waals surface area contributed by atoms with Gasteiger partial charge in [-0.15, -0.1) is 0 Å². The first kappa shape index (κ1) is 35.6. The van der Waals surface area contributed by atoms with Crippen molar-refractivity contribution >= 4 is 11.7 Å². The molecule has 4 heterocycles. The second-order valence-electron chi connectivity index (χ2n) is 14.5. The summed E-state index contributed by atoms with van der Waals surface area (Å²) in [6, 6.07) is 26.5. The lowest BCUT2D eigenvalue weighted by atomic mass is 9.86. The fraction of sp³-hybridized carbons (Fsp3) is 0.295. The molecule has 6 bridgehead atoms. The van der Waals surface area contributed by atoms with Crippen molar-refractivity contribution in [2.45, 2.75) is 51.0 Å². The number of methoxy groups -OCH3 is 1. The Kier molecular flexibility index (Phi) is 9.76. The molecule has 0 saturated heterocycles. The highest BCUT2D eigenvalue weighted by molar-refractivity contribution is 5.92. The first-order chi connectivity index (χ1) is 26.2. The summed E-state index contributed by atoms with van der Waals surface area (Å²) in [5.74, 6) is 2.28. The van der Waals surface area contributed by atoms with Gasteiger partial charge in [0.25, 0.3) is 0 Å². The quantitative estimate of drug-likeness (QED) is 0.0998. The van der Waals surface area contributed by atoms with E-state index < -0.39 is 5.97 Å². The van der Waals surface area contributed by atoms with Gasteiger partial charge in [0.1, 0.15) is 11.5 Å². The molecule has 5 aromatic carbocycles. The van der Waals surface area contributed by atoms with Gasteiger partial charge < -0.3 is 34.9 Å². The summed E-state index contributed by atoms with van der Waals surface area (Å²) in [5, 5.41) is 21.6. The van der Waals surface area contributed by atoms with Crippen LogP contribution >= 0.6 is 0 Å². The van der Waals surface area contributed by atoms with E-state index in [9.17, 15) is 15.0 Å². The monoisotopic (exact) mass is 727 g/mol. The summed E-state index contributed by atoms with van der Waals surface area (Å²) >= 11 is 0. The molecule has 2 atom stereocenters. The maximum absolute atomic E-state index is 13.8. The van der Waals surface area contributed by atoms with Crippen molar-refractivity contribution in [3.05, 3.63) is 135 Å². The van der Waals surface area contributed by atoms with Crippen molar-refractivity contribution in [2.75, 3.05) is 40.0 Å². The minimum absolute atomic E-state index is 0.0330. The number of likely N-dealkylation sites (N-methyl/N-ethyl adjacent to an activating group) is 2. The third kappa shape index (κ3) is 6.78. The van der Waals surface area contributed by atoms with Crippen molar-refractivity contribution in [2.24, 2.45) is 0 Å². The molecular weight excluding hydrogens is 682 g/mol. The zero-order valence-electron chi connectivity index (χ0n) is 30.8. The van der Waals surface area contributed by atoms with Gasteiger partial charge in [0.05, 0.1) is 25.9 Å². The van der Waals surface area contributed by atoms with Crippen LogP contribution in [0.15, 0.2) is 84.9 Å². The first-order valence-corrected chi connectivity index (χ1v) is 18.4. The Balaban J connectivity index is 1.36. The molecule has 0 amide bonds. The van der Waals surface area contributed by atoms with Gasteiger partial charge >= 0.3 is 5.97 Å². The largest absolute Gasteiger partial charge is 0.493 e. The molecule has 0 saturated carbocycles. The number of benzene rings is 5. The minimum Gasteiger partial charge on any atom is -0.493 e. The lowest BCUT2D eigenvalue weighted by Crippen LogP contribution is -2.34. The summed E-state index contributed by atoms with van der Waals surface area (Å²) < 4.78 is 25.5. The van der Waals surface area contributed by atoms with Crippen LogP contribution in [0.4, 0.5) is 5.69 Å². The van der Waals surface area contributed by atoms with Gasteiger partial charge in [0.15, 0.2) is 23.0 Å². The standard InChI is InChI=1S/C44H45N3O7/c1-46-16-14-29-21-31(24-48)39-23-35(29)36(46)18-26-4-11-34(12-5-26)52-40-20-27(6-13-38(40)51-3)19-37-41-30(15-17-47(37)2)22-32(25-49)42(43(41)53-39)54-44(50)28-7-9-33(45)10-8-28/h4-13,20-23,36-37,48-49H,14-19,24-25,45H2,1-3H3/t36-,37-/m0/s1. The van der Waals surface area contributed by atoms with Gasteiger partial charge in [-0.05, 0) is 134 Å². The predicted molar refractivity (Wildman–Crippen MR) is 206 cm³/mol. The number of nitrogen functional groups attached to an aromatic ring is 1. The molecule has 54 heavy (non-hydrogen) atoms. The van der Waals surface area contributed by atoms with E-state index >= 15 is 0 Å². The molecule has 4 aliphatic rings. The second kappa shape index (κ2) is 14.8. The molecule has 10 nitrogen and oxygen atoms in total. The van der Waals surface area contributed by atoms with Crippen LogP contribution in [0.2, 0.25) is 0 Å². The molecule has 0 radical (unpaired) electrons. The highest BCUT2D eigenvalue weighted by atomic mass is 16.6. The Morgan fingerprint density at radius 1 is 0.778 bits per heavy atom. The Bertz CT molecular complexity index is 2200. The molecule has 9 rings (SSSR count). The Morgan fingerprint density at radius 3 is 2.17 bits per heavy atom. The molecule has 5 aromatic rings. The Morgan fingerprint density at radius 2 is 1.44 bits per heavy atom. The number of nitrogens with two attached hydrogens (primary N) is 1. The van der Waals surface area contributed by atoms with Crippen LogP contribution in [0.5, 0.6) is 34.5 Å². The Hall–Kier alpha value is -5.39. The van der Waals surface area contributed by atoms with Crippen LogP contribution in [-0.2, 0) is 38.9 Å². The van der Waals surface area contributed by atoms with E-state index in [0.29, 0.717) is 64.0 Å². The topological polar surface area (TPSA) is 127 Å². The van der Waals surface area contributed by atoms with Crippen molar-refractivity contribution in [3.8, 4) is 34.5 Å². The molecule has 0 unspecified atom stereocenters. The maximum atomic E-state index is 13.8. The molecular formula is C44H45N3O7. The van der Waals surface area contributed by atoms with E-state index in [1.54, 1.807) is 31.4 Å². The van der Waals surface area contributed by atoms with E-state index in [1.165, 1.54) is 0 Å². The number of carbonyl (C=O) groups is 1. The lowest BCUT2D eigenvalue weighted by Gasteiger charge is -2.37. The third-order valence-electron chi connectivity index (χ3n) is 11.1. The predicted octanol–water partition coefficient (Wildman–Crippen LogP) is 6.92. The van der Waals surface area contributed by atoms with Gasteiger partial charge in [0.2, 0.25) is 0 Å². The van der Waals surface area contributed by atoms with E-state index in [4.69, 9.17) is 24.7 Å². The molecule has 0 aliphatic carbocycles. The second-order valence-corrected chi connectivity index (χ2v) is 14.5. The number of ether oxygens (including phenoxy) is 4. The van der Waals surface area contributed by atoms with E-state index in [1.807, 2.05) is 48.5 Å². The number of anilines is 1. The number of rotatable bonds is 5. The van der Waals surface area contributed by atoms with Crippen LogP contribution in [0.25, 0.3) is 0 Å². The number of aliphatic hydroxyl groups excluding tert-OH is 2. The number of esters is 1. The van der Waals surface area contributed by atoms with Gasteiger partial charge in [-0.3, -0.25) is 9.80 Å². The van der Waals surface area contributed by atoms with E-state index in [0.717, 1.165) is 59.3 Å². The molecule has 10 heteroatoms. The number of fused-ring (bicyclic) bond motifs is 2. The summed E-state index contributed by atoms with van der Waals surface area (Å²) in [4.78, 5) is 18.4. The van der Waals surface area contributed by atoms with Crippen molar-refractivity contribution in [3.63, 3.8) is 0 Å². The zero-order valence-corrected chi connectivity index (χ0v) is 30.8. The molecule has 0 fully saturated rings. The summed E-state index contributed by atoms with van der Waals surface area (Å²) in [6.45, 7) is 1.000. The van der Waals surface area contributed by atoms with Crippen LogP contribution in [0, 0.1) is 0 Å². The molecule has 4 aliphatic heterocycles. The number of hydrogen-bond donors (Lipinski definition) is 3. The Labute approximate surface area is 315 Å². The van der Waals surface area contributed by atoms with Gasteiger partial charge in [-0.2, -0.15) is 0 Å². The minimum atomic E-state index is -0.609. The van der Waals surface area contributed by atoms with Gasteiger partial charge in [-0.1, -0.05) is 18.2 Å². The van der Waals surface area contributed by atoms with Crippen LogP contribution in [-0.4, -0.2) is 60.3 Å². The van der Waals surface area contributed by atoms with Crippen LogP contribution in [0.1, 0.15) is 66.9 Å². The maximum Gasteiger partial charge on any atom is 0.343 e. The van der Waals surface area contributed by atoms with Crippen LogP contribution in [0.3, 0.4) is 0 Å². The van der Waals surface area contributed by atoms with E-state index in [2.05, 4.69) is 36.0 Å². The summed E-state index contributed by atoms with van der Waals surface area (Å²) in [5.41, 5.74) is 14.1. The smallest absolute Gasteiger partial charge is 0.343 e. The molecule has 4 N–H and O–H groups in total. The summed E-state index contributed by atoms with van der Waals surface area (Å²) in [7, 11) is 5.84. The number of nitrogens with zero attached hydrogens (tertiary/aromatic N) is 2. The van der Waals surface area contributed by atoms with Gasteiger partial charge in [-0.25, -0.2) is 4.79 Å². The lowest BCUT2D eigenvalue weighted by molar-refractivity contribution is 0.0725. The highest BCUT2D eigenvalue weighted by Gasteiger charge is 2.35. The average molecular weight is 728 g/mol. The third-order valence-corrected chi connectivity index (χ3v) is 11.1. The SMILES string of the molecule is COc1ccc2cc1Oc1ccc(cc1)C[C@H]1c3cc(c(CO)cc3CCN1C)Oc1c(OC(=O)c3ccc(N)cc3)c(CO)cc3c1[C@H](C2)N(C)CC3. The first-order valence-electron chi connectivity index (χ1n) is 18.4. The zero-order chi connectivity index (χ0) is 37.5. The highest BCUT2D eigenvalue weighted by Crippen LogP contribution is 2.49. The fourth-order valence-corrected chi connectivity index (χ4v) is 8.07. The van der Waals surface area contributed by atoms with Crippen molar-refractivity contribution < 1.29 is 34.0 Å². The summed E-state index contributed by atoms with van der Waals surface area (Å²) in [6.07, 6.45) is 2.82. The van der Waals surface area contributed by atoms with Crippen LogP contribution < -0.4 is 24.7 Å². The number of aliphatic hydroxyl groups is 2. The van der Waals surface area contributed by atoms with Crippen molar-refractivity contribution in [1.82, 2.24) is 9.80 Å². The molecule has 0 aromatic heterocycles. The van der Waals surface area contributed by atoms with Crippen molar-refractivity contribution in [1.29, 1.82) is 0 Å². The molecule has 278 valence electrons. The van der Waals surface area contributed by atoms with E-state index in [-0.39, 0.29) is 31.0 Å².